The monoisotopic (exact) mass is 757 g/mol. The molecule has 280 valence electrons. The molecule has 17 heteroatoms. The van der Waals surface area contributed by atoms with Crippen molar-refractivity contribution in [2.24, 2.45) is 0 Å². The number of aromatic nitrogens is 4. The van der Waals surface area contributed by atoms with Crippen LogP contribution in [0.2, 0.25) is 0 Å². The van der Waals surface area contributed by atoms with Crippen molar-refractivity contribution in [1.82, 2.24) is 19.5 Å². The van der Waals surface area contributed by atoms with Crippen molar-refractivity contribution in [2.75, 3.05) is 12.9 Å². The van der Waals surface area contributed by atoms with Crippen LogP contribution < -0.4 is 10.3 Å². The smallest absolute Gasteiger partial charge is 0.275 e. The Balaban J connectivity index is 1.44. The first-order chi connectivity index (χ1) is 25.5. The maximum Gasteiger partial charge on any atom is 0.275 e. The van der Waals surface area contributed by atoms with Gasteiger partial charge in [-0.2, -0.15) is 9.97 Å². The van der Waals surface area contributed by atoms with Gasteiger partial charge < -0.3 is 19.7 Å². The topological polar surface area (TPSA) is 231 Å². The molecule has 5 aromatic rings. The number of nitro benzene ring substituents is 1. The number of aliphatic hydroxyl groups excluding tert-OH is 1. The number of hydrogen-bond donors (Lipinski definition) is 2. The Kier molecular flexibility index (Phi) is 10.3. The molecule has 0 radical (unpaired) electrons. The maximum atomic E-state index is 14.1. The highest BCUT2D eigenvalue weighted by Gasteiger charge is 2.58. The molecule has 1 aliphatic heterocycles. The molecule has 1 aliphatic rings. The van der Waals surface area contributed by atoms with Crippen LogP contribution in [0.25, 0.3) is 11.2 Å². The molecule has 0 saturated carbocycles. The standard InChI is InChI=1S/C37H35N5O11S/c1-20-5-11-24(12-6-20)29(43)30(44)32-37(47,31(45)25-13-7-21(2)8-14-25)19-27(53-32)41-33-28(38-22(3)35(41)46)34(40-36(39-33)54(4,50)51)52-18-17-23-9-15-26(16-10-23)42(48)49/h5-16,27,30,32,44,47H,17-19H2,1-4H3/t27-,30?,32-,37-/m1/s1. The molecule has 6 rings (SSSR count). The van der Waals surface area contributed by atoms with E-state index in [-0.39, 0.29) is 52.6 Å². The second kappa shape index (κ2) is 14.6. The Labute approximate surface area is 308 Å². The fourth-order valence-corrected chi connectivity index (χ4v) is 6.64. The molecular weight excluding hydrogens is 722 g/mol. The number of fused-ring (bicyclic) bond motifs is 1. The van der Waals surface area contributed by atoms with Crippen molar-refractivity contribution in [2.45, 2.75) is 62.8 Å². The van der Waals surface area contributed by atoms with Crippen LogP contribution in [0.4, 0.5) is 5.69 Å². The van der Waals surface area contributed by atoms with Crippen LogP contribution in [0.1, 0.15) is 55.7 Å². The molecule has 3 aromatic carbocycles. The van der Waals surface area contributed by atoms with Gasteiger partial charge in [-0.25, -0.2) is 13.4 Å². The molecule has 54 heavy (non-hydrogen) atoms. The SMILES string of the molecule is Cc1ccc(C(=O)C(O)[C@H]2O[C@@H](n3c(=O)c(C)nc4c(OCCc5ccc([N+](=O)[O-])cc5)nc(S(C)(=O)=O)nc43)C[C@@]2(O)C(=O)c2ccc(C)cc2)cc1. The number of nitro groups is 1. The van der Waals surface area contributed by atoms with Crippen molar-refractivity contribution >= 4 is 38.3 Å². The van der Waals surface area contributed by atoms with E-state index in [9.17, 15) is 43.1 Å². The maximum absolute atomic E-state index is 14.1. The van der Waals surface area contributed by atoms with Crippen LogP contribution in [0.3, 0.4) is 0 Å². The van der Waals surface area contributed by atoms with Crippen LogP contribution >= 0.6 is 0 Å². The van der Waals surface area contributed by atoms with Crippen molar-refractivity contribution in [1.29, 1.82) is 0 Å². The molecule has 0 amide bonds. The van der Waals surface area contributed by atoms with Crippen molar-refractivity contribution in [3.8, 4) is 5.88 Å². The van der Waals surface area contributed by atoms with Crippen molar-refractivity contribution in [3.63, 3.8) is 0 Å². The summed E-state index contributed by atoms with van der Waals surface area (Å²) in [6.45, 7) is 4.86. The number of hydrogen-bond acceptors (Lipinski definition) is 14. The fourth-order valence-electron chi connectivity index (χ4n) is 6.14. The zero-order valence-corrected chi connectivity index (χ0v) is 30.3. The molecular formula is C37H35N5O11S. The summed E-state index contributed by atoms with van der Waals surface area (Å²) in [5.74, 6) is -2.07. The Morgan fingerprint density at radius 2 is 1.57 bits per heavy atom. The lowest BCUT2D eigenvalue weighted by Gasteiger charge is -2.29. The fraction of sp³-hybridized carbons (Fsp3) is 0.297. The van der Waals surface area contributed by atoms with E-state index in [2.05, 4.69) is 15.0 Å². The number of rotatable bonds is 12. The number of ether oxygens (including phenoxy) is 2. The third-order valence-corrected chi connectivity index (χ3v) is 9.95. The first-order valence-corrected chi connectivity index (χ1v) is 18.5. The second-order valence-electron chi connectivity index (χ2n) is 13.2. The highest BCUT2D eigenvalue weighted by molar-refractivity contribution is 7.90. The van der Waals surface area contributed by atoms with Gasteiger partial charge in [-0.3, -0.25) is 29.1 Å². The van der Waals surface area contributed by atoms with Gasteiger partial charge in [0.2, 0.25) is 15.7 Å². The number of sulfone groups is 1. The van der Waals surface area contributed by atoms with Gasteiger partial charge in [-0.15, -0.1) is 0 Å². The van der Waals surface area contributed by atoms with Crippen LogP contribution in [-0.2, 0) is 21.0 Å². The number of carbonyl (C=O) groups excluding carboxylic acids is 2. The van der Waals surface area contributed by atoms with E-state index in [1.807, 2.05) is 0 Å². The Morgan fingerprint density at radius 1 is 0.981 bits per heavy atom. The van der Waals surface area contributed by atoms with E-state index in [4.69, 9.17) is 9.47 Å². The normalized spacial score (nSPS) is 19.1. The molecule has 2 aromatic heterocycles. The molecule has 1 saturated heterocycles. The number of ketones is 2. The number of Topliss-reactive ketones (excluding diaryl/α,β-unsaturated/α-hetero) is 2. The van der Waals surface area contributed by atoms with Crippen LogP contribution in [0.15, 0.2) is 82.7 Å². The summed E-state index contributed by atoms with van der Waals surface area (Å²) >= 11 is 0. The number of aryl methyl sites for hydroxylation is 3. The lowest BCUT2D eigenvalue weighted by Crippen LogP contribution is -2.53. The average Bonchev–Trinajstić information content (AvgIpc) is 3.49. The summed E-state index contributed by atoms with van der Waals surface area (Å²) in [5.41, 5.74) is -1.78. The Hall–Kier alpha value is -5.75. The summed E-state index contributed by atoms with van der Waals surface area (Å²) in [4.78, 5) is 64.6. The molecule has 4 atom stereocenters. The first kappa shape index (κ1) is 38.0. The zero-order chi connectivity index (χ0) is 39.1. The van der Waals surface area contributed by atoms with Crippen LogP contribution in [-0.4, -0.2) is 85.3 Å². The summed E-state index contributed by atoms with van der Waals surface area (Å²) in [6, 6.07) is 18.2. The zero-order valence-electron chi connectivity index (χ0n) is 29.5. The average molecular weight is 758 g/mol. The number of carbonyl (C=O) groups is 2. The predicted octanol–water partition coefficient (Wildman–Crippen LogP) is 3.19. The molecule has 2 N–H and O–H groups in total. The first-order valence-electron chi connectivity index (χ1n) is 16.6. The third-order valence-electron chi connectivity index (χ3n) is 9.10. The van der Waals surface area contributed by atoms with E-state index in [0.29, 0.717) is 5.56 Å². The van der Waals surface area contributed by atoms with Crippen molar-refractivity contribution < 1.29 is 42.6 Å². The van der Waals surface area contributed by atoms with E-state index in [1.165, 1.54) is 55.5 Å². The van der Waals surface area contributed by atoms with E-state index in [1.54, 1.807) is 38.1 Å². The number of benzene rings is 3. The van der Waals surface area contributed by atoms with E-state index < -0.39 is 67.5 Å². The van der Waals surface area contributed by atoms with Crippen molar-refractivity contribution in [3.05, 3.63) is 127 Å². The minimum atomic E-state index is -4.15. The quantitative estimate of drug-likeness (QED) is 0.0806. The largest absolute Gasteiger partial charge is 0.476 e. The molecule has 1 fully saturated rings. The summed E-state index contributed by atoms with van der Waals surface area (Å²) in [6.07, 6.45) is -5.22. The third kappa shape index (κ3) is 7.38. The van der Waals surface area contributed by atoms with Gasteiger partial charge in [-0.05, 0) is 26.3 Å². The Morgan fingerprint density at radius 3 is 2.15 bits per heavy atom. The predicted molar refractivity (Wildman–Crippen MR) is 192 cm³/mol. The highest BCUT2D eigenvalue weighted by atomic mass is 32.2. The summed E-state index contributed by atoms with van der Waals surface area (Å²) in [5, 5.41) is 34.0. The Bertz CT molecular complexity index is 2450. The molecule has 0 bridgehead atoms. The number of aliphatic hydroxyl groups is 2. The second-order valence-corrected chi connectivity index (χ2v) is 15.1. The van der Waals surface area contributed by atoms with E-state index >= 15 is 0 Å². The van der Waals surface area contributed by atoms with Gasteiger partial charge in [0.05, 0.1) is 11.5 Å². The van der Waals surface area contributed by atoms with Gasteiger partial charge in [0.25, 0.3) is 16.4 Å². The lowest BCUT2D eigenvalue weighted by molar-refractivity contribution is -0.384. The van der Waals surface area contributed by atoms with Gasteiger partial charge in [-0.1, -0.05) is 71.8 Å². The minimum Gasteiger partial charge on any atom is -0.476 e. The molecule has 0 aliphatic carbocycles. The van der Waals surface area contributed by atoms with Gasteiger partial charge in [0.1, 0.15) is 24.1 Å². The number of non-ortho nitro benzene ring substituents is 1. The van der Waals surface area contributed by atoms with Gasteiger partial charge >= 0.3 is 0 Å². The van der Waals surface area contributed by atoms with Crippen LogP contribution in [0, 0.1) is 30.9 Å². The lowest BCUT2D eigenvalue weighted by atomic mass is 9.82. The number of nitrogens with zero attached hydrogens (tertiary/aromatic N) is 5. The van der Waals surface area contributed by atoms with Crippen LogP contribution in [0.5, 0.6) is 5.88 Å². The molecule has 1 unspecified atom stereocenters. The summed E-state index contributed by atoms with van der Waals surface area (Å²) < 4.78 is 38.5. The van der Waals surface area contributed by atoms with Gasteiger partial charge in [0, 0.05) is 42.4 Å². The van der Waals surface area contributed by atoms with E-state index in [0.717, 1.165) is 21.9 Å². The molecule has 0 spiro atoms. The minimum absolute atomic E-state index is 0.0424. The molecule has 16 nitrogen and oxygen atoms in total. The summed E-state index contributed by atoms with van der Waals surface area (Å²) in [7, 11) is -4.15. The molecule has 3 heterocycles. The van der Waals surface area contributed by atoms with Gasteiger partial charge in [0.15, 0.2) is 28.3 Å². The highest BCUT2D eigenvalue weighted by Crippen LogP contribution is 2.42.